The summed E-state index contributed by atoms with van der Waals surface area (Å²) in [4.78, 5) is 20.7. The van der Waals surface area contributed by atoms with Gasteiger partial charge < -0.3 is 11.1 Å². The van der Waals surface area contributed by atoms with Gasteiger partial charge in [0.05, 0.1) is 35.3 Å². The number of benzene rings is 1. The largest absolute Gasteiger partial charge is 0.383 e. The summed E-state index contributed by atoms with van der Waals surface area (Å²) in [5, 5.41) is 18.0. The van der Waals surface area contributed by atoms with Gasteiger partial charge in [-0.3, -0.25) is 14.6 Å². The van der Waals surface area contributed by atoms with Gasteiger partial charge in [0, 0.05) is 35.3 Å². The number of nitrogens with one attached hydrogen (secondary N) is 2. The van der Waals surface area contributed by atoms with Crippen LogP contribution in [0.5, 0.6) is 0 Å². The number of pyridine rings is 1. The van der Waals surface area contributed by atoms with Crippen LogP contribution in [0.2, 0.25) is 4.47 Å². The fourth-order valence-corrected chi connectivity index (χ4v) is 4.20. The number of rotatable bonds is 6. The number of carbonyl (C=O) groups excluding carboxylic acids is 1. The molecule has 0 saturated carbocycles. The Bertz CT molecular complexity index is 1390. The molecule has 1 amide bonds. The third-order valence-corrected chi connectivity index (χ3v) is 5.90. The molecule has 0 fully saturated rings. The van der Waals surface area contributed by atoms with Crippen molar-refractivity contribution in [2.45, 2.75) is 13.0 Å². The monoisotopic (exact) mass is 452 g/mol. The Morgan fingerprint density at radius 3 is 2.94 bits per heavy atom. The molecular formula is C20H17ClN8OS. The minimum Gasteiger partial charge on any atom is -0.383 e. The second-order valence-corrected chi connectivity index (χ2v) is 8.41. The van der Waals surface area contributed by atoms with E-state index in [1.54, 1.807) is 16.3 Å². The van der Waals surface area contributed by atoms with Crippen LogP contribution in [0.4, 0.5) is 5.82 Å². The third-order valence-electron chi connectivity index (χ3n) is 4.87. The van der Waals surface area contributed by atoms with Gasteiger partial charge in [-0.25, -0.2) is 9.97 Å². The Hall–Kier alpha value is -3.50. The number of aromatic nitrogens is 6. The lowest BCUT2D eigenvalue weighted by molar-refractivity contribution is -0.120. The van der Waals surface area contributed by atoms with Crippen LogP contribution in [0, 0.1) is 0 Å². The van der Waals surface area contributed by atoms with Crippen molar-refractivity contribution >= 4 is 56.5 Å². The number of halogens is 1. The molecule has 5 aromatic rings. The molecule has 0 aliphatic heterocycles. The lowest BCUT2D eigenvalue weighted by Crippen LogP contribution is -2.28. The first-order chi connectivity index (χ1) is 15.1. The summed E-state index contributed by atoms with van der Waals surface area (Å²) in [7, 11) is 0. The van der Waals surface area contributed by atoms with Crippen molar-refractivity contribution in [3.8, 4) is 11.3 Å². The molecule has 1 aromatic carbocycles. The summed E-state index contributed by atoms with van der Waals surface area (Å²) in [6.45, 7) is 0.936. The van der Waals surface area contributed by atoms with Gasteiger partial charge in [0.25, 0.3) is 0 Å². The first-order valence-corrected chi connectivity index (χ1v) is 10.8. The third kappa shape index (κ3) is 3.94. The Labute approximate surface area is 185 Å². The average molecular weight is 453 g/mol. The molecule has 0 aliphatic rings. The predicted octanol–water partition coefficient (Wildman–Crippen LogP) is 3.03. The fraction of sp³-hybridized carbons (Fsp3) is 0.150. The molecule has 0 atom stereocenters. The van der Waals surface area contributed by atoms with E-state index >= 15 is 0 Å². The van der Waals surface area contributed by atoms with Gasteiger partial charge in [-0.1, -0.05) is 17.7 Å². The van der Waals surface area contributed by atoms with Crippen LogP contribution in [0.25, 0.3) is 33.1 Å². The minimum absolute atomic E-state index is 0.114. The maximum Gasteiger partial charge on any atom is 0.226 e. The van der Waals surface area contributed by atoms with Gasteiger partial charge in [0.1, 0.15) is 11.3 Å². The van der Waals surface area contributed by atoms with Gasteiger partial charge in [0.2, 0.25) is 5.91 Å². The molecule has 4 N–H and O–H groups in total. The maximum absolute atomic E-state index is 12.1. The highest BCUT2D eigenvalue weighted by Crippen LogP contribution is 2.29. The van der Waals surface area contributed by atoms with Crippen molar-refractivity contribution in [1.29, 1.82) is 0 Å². The van der Waals surface area contributed by atoms with Crippen LogP contribution >= 0.6 is 22.9 Å². The van der Waals surface area contributed by atoms with Crippen molar-refractivity contribution in [2.24, 2.45) is 0 Å². The van der Waals surface area contributed by atoms with Crippen molar-refractivity contribution in [1.82, 2.24) is 35.3 Å². The van der Waals surface area contributed by atoms with Crippen LogP contribution in [-0.4, -0.2) is 42.4 Å². The highest BCUT2D eigenvalue weighted by atomic mass is 35.5. The van der Waals surface area contributed by atoms with Crippen LogP contribution in [0.3, 0.4) is 0 Å². The van der Waals surface area contributed by atoms with E-state index in [-0.39, 0.29) is 12.3 Å². The standard InChI is InChI=1S/C20H17ClN8OS/c21-20-25-12(10-31-20)8-17(30)23-5-6-29-9-14-18(28-29)13-2-1-11(15-3-4-24-27-15)7-16(13)26-19(14)22/h1-4,7,9-10H,5-6,8H2,(H2,22,26)(H,23,30)(H,24,27). The topological polar surface area (TPSA) is 127 Å². The van der Waals surface area contributed by atoms with Crippen LogP contribution < -0.4 is 11.1 Å². The number of carbonyl (C=O) groups is 1. The number of H-pyrrole nitrogens is 1. The van der Waals surface area contributed by atoms with E-state index in [0.717, 1.165) is 33.1 Å². The first kappa shape index (κ1) is 19.5. The molecule has 11 heteroatoms. The number of nitrogens with two attached hydrogens (primary N) is 1. The summed E-state index contributed by atoms with van der Waals surface area (Å²) >= 11 is 7.11. The smallest absolute Gasteiger partial charge is 0.226 e. The molecule has 5 rings (SSSR count). The molecular weight excluding hydrogens is 436 g/mol. The number of fused-ring (bicyclic) bond motifs is 3. The predicted molar refractivity (Wildman–Crippen MR) is 121 cm³/mol. The maximum atomic E-state index is 12.1. The summed E-state index contributed by atoms with van der Waals surface area (Å²) in [5.74, 6) is 0.302. The number of hydrogen-bond donors (Lipinski definition) is 3. The molecule has 4 aromatic heterocycles. The number of thiazole rings is 1. The SMILES string of the molecule is Nc1nc2cc(-c3ccn[nH]3)ccc2c2nn(CCNC(=O)Cc3csc(Cl)n3)cc12. The van der Waals surface area contributed by atoms with E-state index in [9.17, 15) is 4.79 Å². The average Bonchev–Trinajstić information content (AvgIpc) is 3.49. The highest BCUT2D eigenvalue weighted by molar-refractivity contribution is 7.13. The lowest BCUT2D eigenvalue weighted by atomic mass is 10.1. The number of hydrogen-bond acceptors (Lipinski definition) is 7. The zero-order valence-corrected chi connectivity index (χ0v) is 17.7. The normalized spacial score (nSPS) is 11.4. The second kappa shape index (κ2) is 7.97. The number of nitrogens with zero attached hydrogens (tertiary/aromatic N) is 5. The van der Waals surface area contributed by atoms with Crippen molar-refractivity contribution in [3.05, 3.63) is 52.2 Å². The molecule has 0 radical (unpaired) electrons. The highest BCUT2D eigenvalue weighted by Gasteiger charge is 2.13. The molecule has 4 heterocycles. The molecule has 156 valence electrons. The van der Waals surface area contributed by atoms with E-state index in [4.69, 9.17) is 17.3 Å². The van der Waals surface area contributed by atoms with Crippen LogP contribution in [-0.2, 0) is 17.8 Å². The van der Waals surface area contributed by atoms with Gasteiger partial charge in [-0.05, 0) is 18.2 Å². The van der Waals surface area contributed by atoms with Gasteiger partial charge in [-0.15, -0.1) is 11.3 Å². The van der Waals surface area contributed by atoms with Crippen LogP contribution in [0.1, 0.15) is 5.69 Å². The number of aromatic amines is 1. The van der Waals surface area contributed by atoms with E-state index in [1.807, 2.05) is 30.5 Å². The Balaban J connectivity index is 1.33. The van der Waals surface area contributed by atoms with Crippen molar-refractivity contribution < 1.29 is 4.79 Å². The summed E-state index contributed by atoms with van der Waals surface area (Å²) < 4.78 is 2.20. The Morgan fingerprint density at radius 1 is 1.26 bits per heavy atom. The fourth-order valence-electron chi connectivity index (χ4n) is 3.42. The molecule has 0 saturated heterocycles. The number of nitrogen functional groups attached to an aromatic ring is 1. The number of anilines is 1. The van der Waals surface area contributed by atoms with Crippen molar-refractivity contribution in [2.75, 3.05) is 12.3 Å². The first-order valence-electron chi connectivity index (χ1n) is 9.49. The van der Waals surface area contributed by atoms with Crippen molar-refractivity contribution in [3.63, 3.8) is 0 Å². The van der Waals surface area contributed by atoms with E-state index < -0.39 is 0 Å². The van der Waals surface area contributed by atoms with E-state index in [0.29, 0.717) is 29.1 Å². The molecule has 0 bridgehead atoms. The van der Waals surface area contributed by atoms with Gasteiger partial charge in [-0.2, -0.15) is 10.2 Å². The molecule has 0 spiro atoms. The quantitative estimate of drug-likeness (QED) is 0.363. The zero-order chi connectivity index (χ0) is 21.4. The lowest BCUT2D eigenvalue weighted by Gasteiger charge is -2.04. The van der Waals surface area contributed by atoms with E-state index in [1.165, 1.54) is 11.3 Å². The Morgan fingerprint density at radius 2 is 2.16 bits per heavy atom. The summed E-state index contributed by atoms with van der Waals surface area (Å²) in [5.41, 5.74) is 10.3. The second-order valence-electron chi connectivity index (χ2n) is 6.97. The molecule has 0 aliphatic carbocycles. The van der Waals surface area contributed by atoms with Gasteiger partial charge >= 0.3 is 0 Å². The molecule has 31 heavy (non-hydrogen) atoms. The van der Waals surface area contributed by atoms with Crippen LogP contribution in [0.15, 0.2) is 42.0 Å². The van der Waals surface area contributed by atoms with Gasteiger partial charge in [0.15, 0.2) is 4.47 Å². The zero-order valence-electron chi connectivity index (χ0n) is 16.2. The number of amides is 1. The summed E-state index contributed by atoms with van der Waals surface area (Å²) in [6, 6.07) is 7.84. The molecule has 0 unspecified atom stereocenters. The minimum atomic E-state index is -0.114. The molecule has 9 nitrogen and oxygen atoms in total. The Kier molecular flexibility index (Phi) is 5.00. The summed E-state index contributed by atoms with van der Waals surface area (Å²) in [6.07, 6.45) is 3.76. The van der Waals surface area contributed by atoms with E-state index in [2.05, 4.69) is 30.6 Å².